The Balaban J connectivity index is 1.76. The number of benzene rings is 1. The predicted molar refractivity (Wildman–Crippen MR) is 77.1 cm³/mol. The third kappa shape index (κ3) is 2.77. The summed E-state index contributed by atoms with van der Waals surface area (Å²) in [6.45, 7) is 4.26. The highest BCUT2D eigenvalue weighted by Crippen LogP contribution is 2.21. The molecular formula is C15H17FN4. The van der Waals surface area contributed by atoms with E-state index in [1.165, 1.54) is 18.1 Å². The molecule has 1 saturated heterocycles. The highest BCUT2D eigenvalue weighted by molar-refractivity contribution is 5.60. The van der Waals surface area contributed by atoms with E-state index in [1.54, 1.807) is 0 Å². The predicted octanol–water partition coefficient (Wildman–Crippen LogP) is 2.03. The summed E-state index contributed by atoms with van der Waals surface area (Å²) in [6.07, 6.45) is 2.38. The third-order valence-corrected chi connectivity index (χ3v) is 3.61. The molecule has 0 saturated carbocycles. The number of hydrogen-bond donors (Lipinski definition) is 0. The smallest absolute Gasteiger partial charge is 0.159 e. The Morgan fingerprint density at radius 1 is 0.950 bits per heavy atom. The summed E-state index contributed by atoms with van der Waals surface area (Å²) >= 11 is 0. The molecule has 104 valence electrons. The van der Waals surface area contributed by atoms with Crippen LogP contribution in [-0.2, 0) is 0 Å². The van der Waals surface area contributed by atoms with Crippen LogP contribution in [0.2, 0.25) is 0 Å². The Kier molecular flexibility index (Phi) is 3.60. The van der Waals surface area contributed by atoms with Crippen molar-refractivity contribution in [1.82, 2.24) is 14.9 Å². The minimum Gasteiger partial charge on any atom is -0.369 e. The Hall–Kier alpha value is -2.01. The number of hydrogen-bond acceptors (Lipinski definition) is 4. The number of aromatic nitrogens is 2. The maximum absolute atomic E-state index is 12.8. The van der Waals surface area contributed by atoms with Crippen molar-refractivity contribution in [1.29, 1.82) is 0 Å². The second-order valence-electron chi connectivity index (χ2n) is 5.06. The summed E-state index contributed by atoms with van der Waals surface area (Å²) < 4.78 is 12.8. The standard InChI is InChI=1S/C15H17FN4/c1-19-6-8-20(9-7-19)14-4-2-12(3-5-14)15-17-10-13(16)11-18-15/h2-5,10-11H,6-9H2,1H3. The van der Waals surface area contributed by atoms with Crippen LogP contribution in [0.1, 0.15) is 0 Å². The van der Waals surface area contributed by atoms with E-state index in [4.69, 9.17) is 0 Å². The molecule has 5 heteroatoms. The lowest BCUT2D eigenvalue weighted by Gasteiger charge is -2.34. The first-order chi connectivity index (χ1) is 9.72. The molecule has 1 aliphatic heterocycles. The van der Waals surface area contributed by atoms with Gasteiger partial charge in [0.1, 0.15) is 0 Å². The van der Waals surface area contributed by atoms with Gasteiger partial charge >= 0.3 is 0 Å². The van der Waals surface area contributed by atoms with E-state index in [1.807, 2.05) is 12.1 Å². The molecule has 1 aliphatic rings. The van der Waals surface area contributed by atoms with Crippen LogP contribution in [0.15, 0.2) is 36.7 Å². The largest absolute Gasteiger partial charge is 0.369 e. The van der Waals surface area contributed by atoms with E-state index >= 15 is 0 Å². The minimum absolute atomic E-state index is 0.414. The Bertz CT molecular complexity index is 559. The quantitative estimate of drug-likeness (QED) is 0.837. The van der Waals surface area contributed by atoms with Crippen molar-refractivity contribution in [2.75, 3.05) is 38.1 Å². The zero-order valence-corrected chi connectivity index (χ0v) is 11.5. The Labute approximate surface area is 117 Å². The summed E-state index contributed by atoms with van der Waals surface area (Å²) in [6, 6.07) is 8.13. The summed E-state index contributed by atoms with van der Waals surface area (Å²) in [5, 5.41) is 0. The first kappa shape index (κ1) is 13.0. The lowest BCUT2D eigenvalue weighted by Crippen LogP contribution is -2.44. The van der Waals surface area contributed by atoms with E-state index in [-0.39, 0.29) is 0 Å². The molecule has 4 nitrogen and oxygen atoms in total. The summed E-state index contributed by atoms with van der Waals surface area (Å²) in [5.74, 6) is 0.138. The lowest BCUT2D eigenvalue weighted by atomic mass is 10.1. The van der Waals surface area contributed by atoms with Gasteiger partial charge in [0.15, 0.2) is 11.6 Å². The van der Waals surface area contributed by atoms with Crippen molar-refractivity contribution < 1.29 is 4.39 Å². The first-order valence-corrected chi connectivity index (χ1v) is 6.74. The van der Waals surface area contributed by atoms with Crippen LogP contribution in [0, 0.1) is 5.82 Å². The van der Waals surface area contributed by atoms with Gasteiger partial charge in [-0.05, 0) is 31.3 Å². The van der Waals surface area contributed by atoms with Crippen molar-refractivity contribution in [2.24, 2.45) is 0 Å². The molecule has 0 aliphatic carbocycles. The van der Waals surface area contributed by atoms with Crippen LogP contribution in [0.3, 0.4) is 0 Å². The molecule has 0 N–H and O–H groups in total. The number of likely N-dealkylation sites (N-methyl/N-ethyl adjacent to an activating group) is 1. The molecule has 0 unspecified atom stereocenters. The van der Waals surface area contributed by atoms with Crippen LogP contribution in [-0.4, -0.2) is 48.1 Å². The van der Waals surface area contributed by atoms with Gasteiger partial charge in [0.05, 0.1) is 12.4 Å². The number of piperazine rings is 1. The van der Waals surface area contributed by atoms with Crippen molar-refractivity contribution in [3.8, 4) is 11.4 Å². The molecule has 1 aromatic carbocycles. The molecule has 0 spiro atoms. The van der Waals surface area contributed by atoms with Gasteiger partial charge in [-0.25, -0.2) is 14.4 Å². The summed E-state index contributed by atoms with van der Waals surface area (Å²) in [4.78, 5) is 12.7. The topological polar surface area (TPSA) is 32.3 Å². The van der Waals surface area contributed by atoms with Gasteiger partial charge in [0, 0.05) is 37.4 Å². The van der Waals surface area contributed by atoms with Crippen molar-refractivity contribution >= 4 is 5.69 Å². The van der Waals surface area contributed by atoms with Gasteiger partial charge in [0.2, 0.25) is 0 Å². The van der Waals surface area contributed by atoms with Crippen molar-refractivity contribution in [2.45, 2.75) is 0 Å². The van der Waals surface area contributed by atoms with Crippen LogP contribution in [0.25, 0.3) is 11.4 Å². The maximum Gasteiger partial charge on any atom is 0.159 e. The molecule has 0 atom stereocenters. The molecule has 2 aromatic rings. The van der Waals surface area contributed by atoms with E-state index in [9.17, 15) is 4.39 Å². The first-order valence-electron chi connectivity index (χ1n) is 6.74. The number of rotatable bonds is 2. The molecule has 20 heavy (non-hydrogen) atoms. The zero-order chi connectivity index (χ0) is 13.9. The molecule has 0 radical (unpaired) electrons. The van der Waals surface area contributed by atoms with E-state index in [0.29, 0.717) is 5.82 Å². The summed E-state index contributed by atoms with van der Waals surface area (Å²) in [7, 11) is 2.15. The maximum atomic E-state index is 12.8. The monoisotopic (exact) mass is 272 g/mol. The molecule has 1 fully saturated rings. The van der Waals surface area contributed by atoms with E-state index in [2.05, 4.69) is 38.9 Å². The van der Waals surface area contributed by atoms with Gasteiger partial charge in [-0.15, -0.1) is 0 Å². The average molecular weight is 272 g/mol. The number of anilines is 1. The molecular weight excluding hydrogens is 255 g/mol. The van der Waals surface area contributed by atoms with Crippen LogP contribution < -0.4 is 4.90 Å². The molecule has 1 aromatic heterocycles. The molecule has 2 heterocycles. The van der Waals surface area contributed by atoms with Crippen molar-refractivity contribution in [3.05, 3.63) is 42.5 Å². The Morgan fingerprint density at radius 3 is 2.15 bits per heavy atom. The normalized spacial score (nSPS) is 16.4. The SMILES string of the molecule is CN1CCN(c2ccc(-c3ncc(F)cn3)cc2)CC1. The number of nitrogens with zero attached hydrogens (tertiary/aromatic N) is 4. The number of halogens is 1. The van der Waals surface area contributed by atoms with Crippen molar-refractivity contribution in [3.63, 3.8) is 0 Å². The van der Waals surface area contributed by atoms with Crippen LogP contribution in [0.5, 0.6) is 0 Å². The average Bonchev–Trinajstić information content (AvgIpc) is 2.49. The van der Waals surface area contributed by atoms with Gasteiger partial charge in [-0.2, -0.15) is 0 Å². The minimum atomic E-state index is -0.414. The fourth-order valence-electron chi connectivity index (χ4n) is 2.35. The zero-order valence-electron chi connectivity index (χ0n) is 11.5. The fourth-order valence-corrected chi connectivity index (χ4v) is 2.35. The van der Waals surface area contributed by atoms with E-state index in [0.717, 1.165) is 31.7 Å². The molecule has 0 bridgehead atoms. The van der Waals surface area contributed by atoms with Gasteiger partial charge in [-0.1, -0.05) is 0 Å². The van der Waals surface area contributed by atoms with Crippen LogP contribution in [0.4, 0.5) is 10.1 Å². The van der Waals surface area contributed by atoms with E-state index < -0.39 is 5.82 Å². The van der Waals surface area contributed by atoms with Gasteiger partial charge < -0.3 is 9.80 Å². The molecule has 0 amide bonds. The third-order valence-electron chi connectivity index (χ3n) is 3.61. The van der Waals surface area contributed by atoms with Gasteiger partial charge in [0.25, 0.3) is 0 Å². The highest BCUT2D eigenvalue weighted by Gasteiger charge is 2.14. The lowest BCUT2D eigenvalue weighted by molar-refractivity contribution is 0.313. The second-order valence-corrected chi connectivity index (χ2v) is 5.06. The second kappa shape index (κ2) is 5.54. The Morgan fingerprint density at radius 2 is 1.55 bits per heavy atom. The highest BCUT2D eigenvalue weighted by atomic mass is 19.1. The van der Waals surface area contributed by atoms with Crippen LogP contribution >= 0.6 is 0 Å². The van der Waals surface area contributed by atoms with Gasteiger partial charge in [-0.3, -0.25) is 0 Å². The summed E-state index contributed by atoms with van der Waals surface area (Å²) in [5.41, 5.74) is 2.12. The fraction of sp³-hybridized carbons (Fsp3) is 0.333. The molecule has 3 rings (SSSR count).